The molecule has 8 heteroatoms. The number of benzene rings is 2. The monoisotopic (exact) mass is 426 g/mol. The van der Waals surface area contributed by atoms with Crippen molar-refractivity contribution in [3.63, 3.8) is 0 Å². The van der Waals surface area contributed by atoms with Crippen LogP contribution in [0, 0.1) is 0 Å². The van der Waals surface area contributed by atoms with Crippen LogP contribution < -0.4 is 5.32 Å². The van der Waals surface area contributed by atoms with Crippen molar-refractivity contribution in [2.24, 2.45) is 0 Å². The van der Waals surface area contributed by atoms with Crippen molar-refractivity contribution in [1.82, 2.24) is 20.0 Å². The molecule has 2 heterocycles. The van der Waals surface area contributed by atoms with E-state index in [0.29, 0.717) is 34.0 Å². The lowest BCUT2D eigenvalue weighted by Crippen LogP contribution is -2.27. The molecule has 0 unspecified atom stereocenters. The fourth-order valence-electron chi connectivity index (χ4n) is 2.80. The second-order valence-electron chi connectivity index (χ2n) is 6.35. The Bertz CT molecular complexity index is 1120. The van der Waals surface area contributed by atoms with Crippen molar-refractivity contribution in [2.75, 3.05) is 0 Å². The van der Waals surface area contributed by atoms with E-state index in [1.54, 1.807) is 35.0 Å². The third-order valence-electron chi connectivity index (χ3n) is 4.29. The second-order valence-corrected chi connectivity index (χ2v) is 7.23. The molecule has 4 rings (SSSR count). The van der Waals surface area contributed by atoms with E-state index in [0.717, 1.165) is 11.1 Å². The van der Waals surface area contributed by atoms with Crippen LogP contribution in [0.4, 0.5) is 0 Å². The third kappa shape index (κ3) is 4.67. The molecule has 1 amide bonds. The number of nitrogens with one attached hydrogen (secondary N) is 1. The van der Waals surface area contributed by atoms with Crippen LogP contribution in [0.3, 0.4) is 0 Å². The van der Waals surface area contributed by atoms with Crippen LogP contribution >= 0.6 is 23.2 Å². The average molecular weight is 427 g/mol. The van der Waals surface area contributed by atoms with Crippen molar-refractivity contribution < 1.29 is 9.32 Å². The quantitative estimate of drug-likeness (QED) is 0.479. The van der Waals surface area contributed by atoms with Gasteiger partial charge in [-0.15, -0.1) is 0 Å². The number of hydrogen-bond donors (Lipinski definition) is 1. The van der Waals surface area contributed by atoms with Gasteiger partial charge < -0.3 is 14.4 Å². The molecule has 0 saturated heterocycles. The fourth-order valence-corrected chi connectivity index (χ4v) is 3.06. The first-order valence-electron chi connectivity index (χ1n) is 8.85. The van der Waals surface area contributed by atoms with E-state index in [2.05, 4.69) is 15.5 Å². The van der Waals surface area contributed by atoms with Crippen molar-refractivity contribution in [3.8, 4) is 23.0 Å². The summed E-state index contributed by atoms with van der Waals surface area (Å²) in [6.45, 7) is 0.558. The Morgan fingerprint density at radius 3 is 2.41 bits per heavy atom. The summed E-state index contributed by atoms with van der Waals surface area (Å²) in [5, 5.41) is 8.21. The number of halogens is 2. The van der Waals surface area contributed by atoms with E-state index in [1.165, 1.54) is 0 Å². The lowest BCUT2D eigenvalue weighted by molar-refractivity contribution is -0.121. The predicted molar refractivity (Wildman–Crippen MR) is 111 cm³/mol. The number of carbonyl (C=O) groups excluding carboxylic acids is 1. The van der Waals surface area contributed by atoms with Gasteiger partial charge in [-0.2, -0.15) is 4.98 Å². The molecule has 0 aliphatic carbocycles. The van der Waals surface area contributed by atoms with E-state index >= 15 is 0 Å². The Morgan fingerprint density at radius 2 is 1.69 bits per heavy atom. The molecule has 2 aromatic carbocycles. The zero-order chi connectivity index (χ0) is 20.2. The molecule has 0 aliphatic rings. The maximum atomic E-state index is 12.4. The van der Waals surface area contributed by atoms with Crippen molar-refractivity contribution in [1.29, 1.82) is 0 Å². The Kier molecular flexibility index (Phi) is 5.64. The van der Waals surface area contributed by atoms with Crippen LogP contribution in [0.1, 0.15) is 5.56 Å². The molecule has 0 radical (unpaired) electrons. The third-order valence-corrected chi connectivity index (χ3v) is 4.80. The minimum atomic E-state index is -0.130. The van der Waals surface area contributed by atoms with Gasteiger partial charge in [-0.05, 0) is 54.1 Å². The molecule has 1 N–H and O–H groups in total. The van der Waals surface area contributed by atoms with E-state index < -0.39 is 0 Å². The van der Waals surface area contributed by atoms with Crippen LogP contribution in [0.25, 0.3) is 23.0 Å². The van der Waals surface area contributed by atoms with Crippen molar-refractivity contribution in [2.45, 2.75) is 13.1 Å². The van der Waals surface area contributed by atoms with Gasteiger partial charge in [-0.25, -0.2) is 0 Å². The summed E-state index contributed by atoms with van der Waals surface area (Å²) in [5.41, 5.74) is 2.43. The lowest BCUT2D eigenvalue weighted by atomic mass is 10.2. The van der Waals surface area contributed by atoms with Gasteiger partial charge in [-0.3, -0.25) is 4.79 Å². The standard InChI is InChI=1S/C21H16Cl2N4O2/c22-16-7-3-14(4-8-16)12-24-19(28)13-27-11-1-2-18(27)21-25-20(26-29-21)15-5-9-17(23)10-6-15/h1-11H,12-13H2,(H,24,28). The largest absolute Gasteiger partial charge is 0.350 e. The highest BCUT2D eigenvalue weighted by Crippen LogP contribution is 2.23. The number of rotatable bonds is 6. The van der Waals surface area contributed by atoms with Crippen LogP contribution in [-0.2, 0) is 17.9 Å². The van der Waals surface area contributed by atoms with Crippen LogP contribution in [0.2, 0.25) is 10.0 Å². The zero-order valence-corrected chi connectivity index (χ0v) is 16.7. The molecule has 146 valence electrons. The van der Waals surface area contributed by atoms with Gasteiger partial charge in [0.1, 0.15) is 12.2 Å². The highest BCUT2D eigenvalue weighted by molar-refractivity contribution is 6.30. The van der Waals surface area contributed by atoms with Gasteiger partial charge in [-0.1, -0.05) is 40.5 Å². The Labute approximate surface area is 177 Å². The molecule has 2 aromatic heterocycles. The molecule has 0 saturated carbocycles. The summed E-state index contributed by atoms with van der Waals surface area (Å²) >= 11 is 11.8. The molecule has 0 bridgehead atoms. The Hall–Kier alpha value is -3.09. The minimum absolute atomic E-state index is 0.130. The summed E-state index contributed by atoms with van der Waals surface area (Å²) in [7, 11) is 0. The molecule has 0 atom stereocenters. The predicted octanol–water partition coefficient (Wildman–Crippen LogP) is 4.83. The van der Waals surface area contributed by atoms with Gasteiger partial charge in [0.2, 0.25) is 11.7 Å². The SMILES string of the molecule is O=C(Cn1cccc1-c1nc(-c2ccc(Cl)cc2)no1)NCc1ccc(Cl)cc1. The zero-order valence-electron chi connectivity index (χ0n) is 15.2. The van der Waals surface area contributed by atoms with E-state index in [9.17, 15) is 4.79 Å². The average Bonchev–Trinajstić information content (AvgIpc) is 3.37. The number of nitrogens with zero attached hydrogens (tertiary/aromatic N) is 3. The van der Waals surface area contributed by atoms with Gasteiger partial charge in [0.25, 0.3) is 5.89 Å². The van der Waals surface area contributed by atoms with Gasteiger partial charge in [0.15, 0.2) is 0 Å². The smallest absolute Gasteiger partial charge is 0.274 e. The summed E-state index contributed by atoms with van der Waals surface area (Å²) in [6.07, 6.45) is 1.80. The summed E-state index contributed by atoms with van der Waals surface area (Å²) < 4.78 is 7.16. The second kappa shape index (κ2) is 8.51. The number of aromatic nitrogens is 3. The maximum Gasteiger partial charge on any atom is 0.274 e. The first-order chi connectivity index (χ1) is 14.1. The summed E-state index contributed by atoms with van der Waals surface area (Å²) in [4.78, 5) is 16.8. The fraction of sp³-hybridized carbons (Fsp3) is 0.0952. The first-order valence-corrected chi connectivity index (χ1v) is 9.60. The molecular weight excluding hydrogens is 411 g/mol. The molecule has 0 spiro atoms. The van der Waals surface area contributed by atoms with Gasteiger partial charge in [0.05, 0.1) is 0 Å². The molecule has 29 heavy (non-hydrogen) atoms. The molecular formula is C21H16Cl2N4O2. The molecule has 0 aliphatic heterocycles. The van der Waals surface area contributed by atoms with Crippen molar-refractivity contribution >= 4 is 29.1 Å². The normalized spacial score (nSPS) is 10.8. The van der Waals surface area contributed by atoms with Gasteiger partial charge >= 0.3 is 0 Å². The van der Waals surface area contributed by atoms with E-state index in [1.807, 2.05) is 36.4 Å². The van der Waals surface area contributed by atoms with E-state index in [4.69, 9.17) is 27.7 Å². The summed E-state index contributed by atoms with van der Waals surface area (Å²) in [5.74, 6) is 0.664. The first kappa shape index (κ1) is 19.2. The highest BCUT2D eigenvalue weighted by Gasteiger charge is 2.15. The lowest BCUT2D eigenvalue weighted by Gasteiger charge is -2.08. The molecule has 4 aromatic rings. The number of hydrogen-bond acceptors (Lipinski definition) is 4. The van der Waals surface area contributed by atoms with E-state index in [-0.39, 0.29) is 12.5 Å². The maximum absolute atomic E-state index is 12.4. The number of carbonyl (C=O) groups is 1. The van der Waals surface area contributed by atoms with Crippen LogP contribution in [0.5, 0.6) is 0 Å². The Balaban J connectivity index is 1.44. The highest BCUT2D eigenvalue weighted by atomic mass is 35.5. The van der Waals surface area contributed by atoms with Crippen molar-refractivity contribution in [3.05, 3.63) is 82.5 Å². The minimum Gasteiger partial charge on any atom is -0.350 e. The molecule has 0 fully saturated rings. The van der Waals surface area contributed by atoms with Gasteiger partial charge in [0, 0.05) is 28.4 Å². The number of amides is 1. The Morgan fingerprint density at radius 1 is 1.00 bits per heavy atom. The van der Waals surface area contributed by atoms with Crippen LogP contribution in [-0.4, -0.2) is 20.6 Å². The molecule has 6 nitrogen and oxygen atoms in total. The van der Waals surface area contributed by atoms with Crippen LogP contribution in [0.15, 0.2) is 71.4 Å². The summed E-state index contributed by atoms with van der Waals surface area (Å²) in [6, 6.07) is 18.2. The topological polar surface area (TPSA) is 73.0 Å².